The van der Waals surface area contributed by atoms with Crippen LogP contribution in [0.2, 0.25) is 0 Å². The Hall–Kier alpha value is 0.120. The van der Waals surface area contributed by atoms with E-state index in [-0.39, 0.29) is 30.9 Å². The highest BCUT2D eigenvalue weighted by atomic mass is 35.5. The molecule has 0 aromatic heterocycles. The van der Waals surface area contributed by atoms with Crippen molar-refractivity contribution in [2.45, 2.75) is 20.0 Å². The van der Waals surface area contributed by atoms with Crippen LogP contribution in [0.4, 0.5) is 0 Å². The molecule has 1 aliphatic heterocycles. The van der Waals surface area contributed by atoms with Crippen molar-refractivity contribution in [3.63, 3.8) is 0 Å². The minimum Gasteiger partial charge on any atom is -0.378 e. The Morgan fingerprint density at radius 3 is 2.38 bits per heavy atom. The lowest BCUT2D eigenvalue weighted by molar-refractivity contribution is 0.0906. The van der Waals surface area contributed by atoms with Crippen LogP contribution < -0.4 is 5.32 Å². The van der Waals surface area contributed by atoms with E-state index in [1.165, 1.54) is 4.31 Å². The first kappa shape index (κ1) is 16.1. The molecule has 1 aliphatic rings. The number of nitrogens with one attached hydrogen (secondary N) is 1. The summed E-state index contributed by atoms with van der Waals surface area (Å²) in [6.45, 7) is 6.71. The summed E-state index contributed by atoms with van der Waals surface area (Å²) in [5.41, 5.74) is 0. The molecule has 1 heterocycles. The predicted octanol–water partition coefficient (Wildman–Crippen LogP) is 0.0682. The zero-order chi connectivity index (χ0) is 11.3. The van der Waals surface area contributed by atoms with Crippen molar-refractivity contribution < 1.29 is 13.2 Å². The van der Waals surface area contributed by atoms with Crippen LogP contribution in [0.3, 0.4) is 0 Å². The van der Waals surface area contributed by atoms with E-state index in [0.717, 1.165) is 13.1 Å². The van der Waals surface area contributed by atoms with Crippen LogP contribution in [0, 0.1) is 0 Å². The SMILES string of the molecule is CC(C)OCCS(=O)(=O)N1CCNCC1.Cl. The van der Waals surface area contributed by atoms with Crippen LogP contribution in [0.25, 0.3) is 0 Å². The molecule has 0 radical (unpaired) electrons. The van der Waals surface area contributed by atoms with Gasteiger partial charge in [0.2, 0.25) is 10.0 Å². The molecular weight excluding hydrogens is 252 g/mol. The zero-order valence-corrected chi connectivity index (χ0v) is 11.4. The number of halogens is 1. The minimum atomic E-state index is -3.11. The molecule has 0 aromatic rings. The molecule has 0 amide bonds. The molecule has 1 N–H and O–H groups in total. The third-order valence-corrected chi connectivity index (χ3v) is 4.10. The standard InChI is InChI=1S/C9H20N2O3S.ClH/c1-9(2)14-7-8-15(12,13)11-5-3-10-4-6-11;/h9-10H,3-8H2,1-2H3;1H. The van der Waals surface area contributed by atoms with Crippen LogP contribution in [0.1, 0.15) is 13.8 Å². The maximum atomic E-state index is 11.8. The molecule has 1 saturated heterocycles. The Bertz CT molecular complexity index is 276. The Labute approximate surface area is 104 Å². The second-order valence-corrected chi connectivity index (χ2v) is 5.97. The van der Waals surface area contributed by atoms with Crippen LogP contribution in [-0.4, -0.2) is 57.4 Å². The average Bonchev–Trinajstić information content (AvgIpc) is 2.18. The van der Waals surface area contributed by atoms with Gasteiger partial charge in [0.15, 0.2) is 0 Å². The first-order valence-corrected chi connectivity index (χ1v) is 6.93. The van der Waals surface area contributed by atoms with E-state index < -0.39 is 10.0 Å². The summed E-state index contributed by atoms with van der Waals surface area (Å²) in [5, 5.41) is 3.12. The summed E-state index contributed by atoms with van der Waals surface area (Å²) < 4.78 is 30.4. The lowest BCUT2D eigenvalue weighted by atomic mass is 10.4. The normalized spacial score (nSPS) is 18.4. The van der Waals surface area contributed by atoms with Gasteiger partial charge in [-0.05, 0) is 13.8 Å². The summed E-state index contributed by atoms with van der Waals surface area (Å²) in [6.07, 6.45) is 0.0863. The van der Waals surface area contributed by atoms with E-state index in [4.69, 9.17) is 4.74 Å². The summed E-state index contributed by atoms with van der Waals surface area (Å²) in [5.74, 6) is 0.0885. The van der Waals surface area contributed by atoms with Crippen molar-refractivity contribution in [2.75, 3.05) is 38.5 Å². The largest absolute Gasteiger partial charge is 0.378 e. The van der Waals surface area contributed by atoms with E-state index in [2.05, 4.69) is 5.32 Å². The second-order valence-electron chi connectivity index (χ2n) is 3.88. The predicted molar refractivity (Wildman–Crippen MR) is 66.6 cm³/mol. The lowest BCUT2D eigenvalue weighted by Crippen LogP contribution is -2.47. The van der Waals surface area contributed by atoms with Gasteiger partial charge in [-0.15, -0.1) is 12.4 Å². The van der Waals surface area contributed by atoms with E-state index in [1.54, 1.807) is 0 Å². The van der Waals surface area contributed by atoms with Gasteiger partial charge in [0.1, 0.15) is 0 Å². The lowest BCUT2D eigenvalue weighted by Gasteiger charge is -2.26. The summed E-state index contributed by atoms with van der Waals surface area (Å²) in [6, 6.07) is 0. The molecule has 98 valence electrons. The molecule has 0 spiro atoms. The molecule has 0 unspecified atom stereocenters. The summed E-state index contributed by atoms with van der Waals surface area (Å²) >= 11 is 0. The molecule has 1 fully saturated rings. The fourth-order valence-corrected chi connectivity index (χ4v) is 2.74. The molecule has 0 atom stereocenters. The van der Waals surface area contributed by atoms with Crippen molar-refractivity contribution in [3.8, 4) is 0 Å². The monoisotopic (exact) mass is 272 g/mol. The molecule has 0 aliphatic carbocycles. The molecule has 0 aromatic carbocycles. The smallest absolute Gasteiger partial charge is 0.216 e. The fourth-order valence-electron chi connectivity index (χ4n) is 1.44. The average molecular weight is 273 g/mol. The Morgan fingerprint density at radius 2 is 1.88 bits per heavy atom. The van der Waals surface area contributed by atoms with E-state index >= 15 is 0 Å². The number of ether oxygens (including phenoxy) is 1. The quantitative estimate of drug-likeness (QED) is 0.769. The van der Waals surface area contributed by atoms with Gasteiger partial charge in [-0.3, -0.25) is 0 Å². The van der Waals surface area contributed by atoms with Gasteiger partial charge in [-0.2, -0.15) is 4.31 Å². The van der Waals surface area contributed by atoms with Gasteiger partial charge in [-0.1, -0.05) is 0 Å². The third kappa shape index (κ3) is 5.45. The maximum Gasteiger partial charge on any atom is 0.216 e. The van der Waals surface area contributed by atoms with E-state index in [0.29, 0.717) is 13.1 Å². The van der Waals surface area contributed by atoms with Crippen LogP contribution in [0.5, 0.6) is 0 Å². The van der Waals surface area contributed by atoms with Gasteiger partial charge < -0.3 is 10.1 Å². The number of piperazine rings is 1. The molecule has 0 bridgehead atoms. The number of rotatable bonds is 5. The fraction of sp³-hybridized carbons (Fsp3) is 1.00. The molecule has 0 saturated carbocycles. The highest BCUT2D eigenvalue weighted by Gasteiger charge is 2.23. The van der Waals surface area contributed by atoms with Crippen LogP contribution in [0.15, 0.2) is 0 Å². The molecule has 7 heteroatoms. The van der Waals surface area contributed by atoms with Gasteiger partial charge in [0, 0.05) is 26.2 Å². The molecule has 16 heavy (non-hydrogen) atoms. The van der Waals surface area contributed by atoms with Gasteiger partial charge in [-0.25, -0.2) is 8.42 Å². The van der Waals surface area contributed by atoms with Crippen molar-refractivity contribution in [3.05, 3.63) is 0 Å². The highest BCUT2D eigenvalue weighted by Crippen LogP contribution is 2.03. The Morgan fingerprint density at radius 1 is 1.31 bits per heavy atom. The first-order chi connectivity index (χ1) is 7.02. The van der Waals surface area contributed by atoms with Gasteiger partial charge in [0.05, 0.1) is 18.5 Å². The summed E-state index contributed by atoms with van der Waals surface area (Å²) in [7, 11) is -3.11. The van der Waals surface area contributed by atoms with Gasteiger partial charge >= 0.3 is 0 Å². The molecular formula is C9H21ClN2O3S. The van der Waals surface area contributed by atoms with Crippen molar-refractivity contribution in [1.82, 2.24) is 9.62 Å². The molecule has 1 rings (SSSR count). The second kappa shape index (κ2) is 7.45. The summed E-state index contributed by atoms with van der Waals surface area (Å²) in [4.78, 5) is 0. The number of sulfonamides is 1. The topological polar surface area (TPSA) is 58.6 Å². The highest BCUT2D eigenvalue weighted by molar-refractivity contribution is 7.89. The van der Waals surface area contributed by atoms with E-state index in [9.17, 15) is 8.42 Å². The van der Waals surface area contributed by atoms with Crippen molar-refractivity contribution >= 4 is 22.4 Å². The number of hydrogen-bond acceptors (Lipinski definition) is 4. The minimum absolute atomic E-state index is 0. The number of nitrogens with zero attached hydrogens (tertiary/aromatic N) is 1. The Kier molecular flexibility index (Phi) is 7.50. The maximum absolute atomic E-state index is 11.8. The Balaban J connectivity index is 0.00000225. The number of hydrogen-bond donors (Lipinski definition) is 1. The van der Waals surface area contributed by atoms with Crippen LogP contribution in [-0.2, 0) is 14.8 Å². The zero-order valence-electron chi connectivity index (χ0n) is 9.81. The van der Waals surface area contributed by atoms with Crippen molar-refractivity contribution in [2.24, 2.45) is 0 Å². The van der Waals surface area contributed by atoms with Crippen molar-refractivity contribution in [1.29, 1.82) is 0 Å². The molecule has 5 nitrogen and oxygen atoms in total. The van der Waals surface area contributed by atoms with E-state index in [1.807, 2.05) is 13.8 Å². The third-order valence-electron chi connectivity index (χ3n) is 2.26. The van der Waals surface area contributed by atoms with Crippen LogP contribution >= 0.6 is 12.4 Å². The first-order valence-electron chi connectivity index (χ1n) is 5.32. The van der Waals surface area contributed by atoms with Gasteiger partial charge in [0.25, 0.3) is 0 Å².